The van der Waals surface area contributed by atoms with Crippen LogP contribution in [-0.2, 0) is 23.8 Å². The summed E-state index contributed by atoms with van der Waals surface area (Å²) >= 11 is 0. The van der Waals surface area contributed by atoms with E-state index in [0.29, 0.717) is 19.4 Å². The van der Waals surface area contributed by atoms with Gasteiger partial charge in [-0.05, 0) is 109 Å². The van der Waals surface area contributed by atoms with E-state index in [9.17, 15) is 35.1 Å². The minimum atomic E-state index is -1.58. The molecule has 0 radical (unpaired) electrons. The molecule has 0 spiro atoms. The number of hydrogen-bond acceptors (Lipinski definition) is 10. The van der Waals surface area contributed by atoms with Crippen LogP contribution in [0.2, 0.25) is 0 Å². The number of ether oxygens (including phenoxy) is 3. The second kappa shape index (κ2) is 65.3. The van der Waals surface area contributed by atoms with Gasteiger partial charge >= 0.3 is 5.97 Å². The van der Waals surface area contributed by atoms with Crippen molar-refractivity contribution in [3.05, 3.63) is 85.1 Å². The van der Waals surface area contributed by atoms with Crippen LogP contribution in [0.3, 0.4) is 0 Å². The van der Waals surface area contributed by atoms with Crippen LogP contribution >= 0.6 is 0 Å². The minimum Gasteiger partial charge on any atom is -0.466 e. The summed E-state index contributed by atoms with van der Waals surface area (Å²) in [6.45, 7) is 4.22. The van der Waals surface area contributed by atoms with Crippen molar-refractivity contribution < 1.29 is 49.3 Å². The van der Waals surface area contributed by atoms with Crippen molar-refractivity contribution in [2.75, 3.05) is 19.8 Å². The van der Waals surface area contributed by atoms with Gasteiger partial charge in [-0.1, -0.05) is 292 Å². The van der Waals surface area contributed by atoms with Crippen molar-refractivity contribution in [3.8, 4) is 0 Å². The van der Waals surface area contributed by atoms with E-state index in [4.69, 9.17) is 14.2 Å². The summed E-state index contributed by atoms with van der Waals surface area (Å²) in [5.74, 6) is -0.201. The second-order valence-corrected chi connectivity index (χ2v) is 25.3. The van der Waals surface area contributed by atoms with E-state index >= 15 is 0 Å². The van der Waals surface area contributed by atoms with Crippen LogP contribution < -0.4 is 5.32 Å². The van der Waals surface area contributed by atoms with Gasteiger partial charge in [0.25, 0.3) is 0 Å². The van der Waals surface area contributed by atoms with Gasteiger partial charge in [0.15, 0.2) is 6.29 Å². The molecule has 11 nitrogen and oxygen atoms in total. The molecule has 1 rings (SSSR count). The monoisotopic (exact) mass is 1240 g/mol. The summed E-state index contributed by atoms with van der Waals surface area (Å²) in [7, 11) is 0. The van der Waals surface area contributed by atoms with Crippen molar-refractivity contribution in [2.24, 2.45) is 0 Å². The van der Waals surface area contributed by atoms with Crippen LogP contribution in [0.4, 0.5) is 0 Å². The Morgan fingerprint density at radius 1 is 0.420 bits per heavy atom. The quantitative estimate of drug-likeness (QED) is 0.0195. The van der Waals surface area contributed by atoms with Crippen LogP contribution in [0.15, 0.2) is 85.1 Å². The highest BCUT2D eigenvalue weighted by atomic mass is 16.7. The highest BCUT2D eigenvalue weighted by molar-refractivity contribution is 5.76. The van der Waals surface area contributed by atoms with Gasteiger partial charge in [0.2, 0.25) is 5.91 Å². The lowest BCUT2D eigenvalue weighted by molar-refractivity contribution is -0.302. The third-order valence-electron chi connectivity index (χ3n) is 16.9. The lowest BCUT2D eigenvalue weighted by Gasteiger charge is -2.40. The van der Waals surface area contributed by atoms with Crippen LogP contribution in [0.1, 0.15) is 328 Å². The van der Waals surface area contributed by atoms with Crippen LogP contribution in [0.5, 0.6) is 0 Å². The fourth-order valence-corrected chi connectivity index (χ4v) is 11.1. The first-order valence-corrected chi connectivity index (χ1v) is 36.9. The lowest BCUT2D eigenvalue weighted by Crippen LogP contribution is -2.60. The average molecular weight is 1240 g/mol. The molecule has 1 fully saturated rings. The molecule has 1 amide bonds. The van der Waals surface area contributed by atoms with E-state index in [1.807, 2.05) is 6.08 Å². The molecule has 11 heteroatoms. The molecule has 1 heterocycles. The Hall–Kier alpha value is -3.16. The molecule has 0 aromatic carbocycles. The molecule has 0 bridgehead atoms. The molecule has 88 heavy (non-hydrogen) atoms. The van der Waals surface area contributed by atoms with Gasteiger partial charge in [-0.15, -0.1) is 0 Å². The van der Waals surface area contributed by atoms with E-state index in [2.05, 4.69) is 92.1 Å². The molecule has 7 atom stereocenters. The van der Waals surface area contributed by atoms with E-state index in [1.165, 1.54) is 218 Å². The molecule has 6 N–H and O–H groups in total. The fraction of sp³-hybridized carbons (Fsp3) is 0.792. The maximum atomic E-state index is 13.1. The van der Waals surface area contributed by atoms with Crippen LogP contribution in [0, 0.1) is 0 Å². The molecule has 1 aliphatic heterocycles. The standard InChI is InChI=1S/C77H137NO10/c1-3-5-7-9-11-13-15-40-45-49-53-57-61-65-73(82)86-66-62-58-54-50-46-42-39-37-35-33-31-29-27-25-23-21-19-17-18-20-22-24-26-28-30-32-34-36-38-41-44-48-52-56-60-64-72(81)78-69(68-87-77-76(85)75(84)74(83)71(67-79)88-77)70(80)63-59-55-51-47-43-16-14-12-10-8-6-4-2/h7,9-10,12-13,15,19,21,25,27,43,47,59,63,69-71,74-77,79-80,83-85H,3-6,8,11,14,16-18,20,22-24,26,28-42,44-46,48-58,60-62,64-68H2,1-2H3,(H,78,81)/b9-7-,12-10+,15-13-,21-19-,27-25-,47-43+,63-59+. The number of carbonyl (C=O) groups is 2. The summed E-state index contributed by atoms with van der Waals surface area (Å²) in [4.78, 5) is 25.1. The number of amides is 1. The summed E-state index contributed by atoms with van der Waals surface area (Å²) in [6, 6.07) is -0.834. The first-order valence-electron chi connectivity index (χ1n) is 36.9. The minimum absolute atomic E-state index is 0.00627. The molecular weight excluding hydrogens is 1100 g/mol. The zero-order chi connectivity index (χ0) is 63.7. The Kier molecular flexibility index (Phi) is 61.5. The Labute approximate surface area is 540 Å². The largest absolute Gasteiger partial charge is 0.466 e. The van der Waals surface area contributed by atoms with E-state index in [1.54, 1.807) is 6.08 Å². The summed E-state index contributed by atoms with van der Waals surface area (Å²) in [5.41, 5.74) is 0. The average Bonchev–Trinajstić information content (AvgIpc) is 3.02. The van der Waals surface area contributed by atoms with Gasteiger partial charge in [0.1, 0.15) is 24.4 Å². The lowest BCUT2D eigenvalue weighted by atomic mass is 9.99. The number of rotatable bonds is 64. The molecule has 0 aromatic heterocycles. The zero-order valence-corrected chi connectivity index (χ0v) is 56.7. The Morgan fingerprint density at radius 3 is 1.24 bits per heavy atom. The third kappa shape index (κ3) is 53.5. The van der Waals surface area contributed by atoms with Crippen molar-refractivity contribution in [2.45, 2.75) is 371 Å². The zero-order valence-electron chi connectivity index (χ0n) is 56.7. The van der Waals surface area contributed by atoms with Gasteiger partial charge in [-0.3, -0.25) is 9.59 Å². The Balaban J connectivity index is 1.94. The molecule has 7 unspecified atom stereocenters. The number of allylic oxidation sites excluding steroid dienone is 13. The summed E-state index contributed by atoms with van der Waals surface area (Å²) in [5, 5.41) is 54.4. The number of carbonyl (C=O) groups excluding carboxylic acids is 2. The molecule has 0 aromatic rings. The van der Waals surface area contributed by atoms with E-state index in [0.717, 1.165) is 83.5 Å². The molecular formula is C77H137NO10. The smallest absolute Gasteiger partial charge is 0.305 e. The second-order valence-electron chi connectivity index (χ2n) is 25.3. The van der Waals surface area contributed by atoms with E-state index < -0.39 is 49.5 Å². The third-order valence-corrected chi connectivity index (χ3v) is 16.9. The van der Waals surface area contributed by atoms with Crippen molar-refractivity contribution in [1.29, 1.82) is 0 Å². The fourth-order valence-electron chi connectivity index (χ4n) is 11.1. The van der Waals surface area contributed by atoms with E-state index in [-0.39, 0.29) is 18.5 Å². The van der Waals surface area contributed by atoms with Crippen molar-refractivity contribution in [1.82, 2.24) is 5.32 Å². The predicted octanol–water partition coefficient (Wildman–Crippen LogP) is 19.2. The van der Waals surface area contributed by atoms with Gasteiger partial charge in [0, 0.05) is 12.8 Å². The number of aliphatic hydroxyl groups is 5. The molecule has 1 saturated heterocycles. The van der Waals surface area contributed by atoms with Crippen LogP contribution in [-0.4, -0.2) is 100 Å². The molecule has 1 aliphatic rings. The Morgan fingerprint density at radius 2 is 0.795 bits per heavy atom. The normalized spacial score (nSPS) is 18.3. The summed E-state index contributed by atoms with van der Waals surface area (Å²) in [6.07, 6.45) is 80.3. The first-order chi connectivity index (χ1) is 43.2. The number of aliphatic hydroxyl groups excluding tert-OH is 5. The highest BCUT2D eigenvalue weighted by Gasteiger charge is 2.44. The maximum absolute atomic E-state index is 13.1. The SMILES string of the molecule is CCC/C=C\C/C=C\CCCCCCCC(=O)OCCCCCCCCCCCCC/C=C\C/C=C\CCCCCCCCCCCCCCCCCCCC(=O)NC(COC1OC(CO)C(O)C(O)C1O)C(O)/C=C/CC/C=C/CC/C=C/CCCC. The molecule has 0 saturated carbocycles. The molecule has 0 aliphatic carbocycles. The molecule has 510 valence electrons. The van der Waals surface area contributed by atoms with Gasteiger partial charge < -0.3 is 45.1 Å². The first kappa shape index (κ1) is 82.9. The predicted molar refractivity (Wildman–Crippen MR) is 370 cm³/mol. The highest BCUT2D eigenvalue weighted by Crippen LogP contribution is 2.23. The topological polar surface area (TPSA) is 175 Å². The number of hydrogen-bond donors (Lipinski definition) is 6. The Bertz CT molecular complexity index is 1740. The summed E-state index contributed by atoms with van der Waals surface area (Å²) < 4.78 is 16.7. The van der Waals surface area contributed by atoms with Crippen molar-refractivity contribution in [3.63, 3.8) is 0 Å². The van der Waals surface area contributed by atoms with Gasteiger partial charge in [0.05, 0.1) is 32.0 Å². The van der Waals surface area contributed by atoms with Crippen LogP contribution in [0.25, 0.3) is 0 Å². The number of esters is 1. The van der Waals surface area contributed by atoms with Gasteiger partial charge in [-0.25, -0.2) is 0 Å². The number of unbranched alkanes of at least 4 members (excludes halogenated alkanes) is 38. The van der Waals surface area contributed by atoms with Crippen molar-refractivity contribution >= 4 is 11.9 Å². The van der Waals surface area contributed by atoms with Gasteiger partial charge in [-0.2, -0.15) is 0 Å². The maximum Gasteiger partial charge on any atom is 0.305 e. The number of nitrogens with one attached hydrogen (secondary N) is 1.